The molecule has 0 spiro atoms. The van der Waals surface area contributed by atoms with Crippen molar-refractivity contribution in [2.75, 3.05) is 0 Å². The largest absolute Gasteiger partial charge is 0.358 e. The lowest BCUT2D eigenvalue weighted by molar-refractivity contribution is -0.235. The van der Waals surface area contributed by atoms with E-state index in [4.69, 9.17) is 11.0 Å². The Hall–Kier alpha value is -0.610. The third kappa shape index (κ3) is 3.42. The maximum atomic E-state index is 10.4. The molecule has 0 aliphatic rings. The van der Waals surface area contributed by atoms with Gasteiger partial charge in [-0.1, -0.05) is 19.8 Å². The fourth-order valence-electron chi connectivity index (χ4n) is 0.610. The van der Waals surface area contributed by atoms with Crippen LogP contribution in [0.2, 0.25) is 0 Å². The van der Waals surface area contributed by atoms with Crippen LogP contribution in [0.15, 0.2) is 0 Å². The first-order valence-electron chi connectivity index (χ1n) is 3.33. The molecule has 0 aliphatic heterocycles. The molecule has 4 heteroatoms. The molecule has 60 valence electrons. The molecular weight excluding hydrogens is 134 g/mol. The zero-order valence-electron chi connectivity index (χ0n) is 6.04. The fourth-order valence-corrected chi connectivity index (χ4v) is 0.610. The predicted octanol–water partition coefficient (Wildman–Crippen LogP) is 0.520. The van der Waals surface area contributed by atoms with Crippen molar-refractivity contribution in [3.63, 3.8) is 0 Å². The van der Waals surface area contributed by atoms with Crippen molar-refractivity contribution in [1.29, 1.82) is 0 Å². The van der Waals surface area contributed by atoms with Gasteiger partial charge in [-0.3, -0.25) is 4.89 Å². The number of hydrogen-bond donors (Lipinski definition) is 2. The quantitative estimate of drug-likeness (QED) is 0.449. The molecule has 0 rings (SSSR count). The molecule has 0 aromatic rings. The van der Waals surface area contributed by atoms with Gasteiger partial charge >= 0.3 is 5.97 Å². The summed E-state index contributed by atoms with van der Waals surface area (Å²) in [6, 6.07) is -0.676. The summed E-state index contributed by atoms with van der Waals surface area (Å²) in [6.45, 7) is 2.00. The van der Waals surface area contributed by atoms with Gasteiger partial charge in [0.15, 0.2) is 0 Å². The zero-order chi connectivity index (χ0) is 7.98. The lowest BCUT2D eigenvalue weighted by atomic mass is 10.1. The molecule has 4 nitrogen and oxygen atoms in total. The second-order valence-electron chi connectivity index (χ2n) is 2.16. The Bertz CT molecular complexity index is 105. The van der Waals surface area contributed by atoms with Gasteiger partial charge in [0.1, 0.15) is 6.04 Å². The van der Waals surface area contributed by atoms with Crippen molar-refractivity contribution in [3.05, 3.63) is 0 Å². The summed E-state index contributed by atoms with van der Waals surface area (Å²) >= 11 is 0. The number of carbonyl (C=O) groups is 1. The van der Waals surface area contributed by atoms with Crippen LogP contribution in [0.25, 0.3) is 0 Å². The van der Waals surface area contributed by atoms with E-state index >= 15 is 0 Å². The van der Waals surface area contributed by atoms with E-state index in [0.717, 1.165) is 12.8 Å². The topological polar surface area (TPSA) is 72.6 Å². The van der Waals surface area contributed by atoms with Crippen molar-refractivity contribution < 1.29 is 14.9 Å². The Balaban J connectivity index is 3.41. The minimum atomic E-state index is -0.756. The van der Waals surface area contributed by atoms with E-state index in [1.54, 1.807) is 0 Å². The van der Waals surface area contributed by atoms with E-state index < -0.39 is 12.0 Å². The monoisotopic (exact) mass is 147 g/mol. The van der Waals surface area contributed by atoms with Crippen LogP contribution in [0.3, 0.4) is 0 Å². The molecule has 0 aromatic heterocycles. The second-order valence-corrected chi connectivity index (χ2v) is 2.16. The summed E-state index contributed by atoms with van der Waals surface area (Å²) in [5.74, 6) is -0.756. The normalized spacial score (nSPS) is 12.7. The first kappa shape index (κ1) is 9.39. The molecule has 0 saturated carbocycles. The molecular formula is C6H13NO3. The summed E-state index contributed by atoms with van der Waals surface area (Å²) in [5.41, 5.74) is 5.28. The van der Waals surface area contributed by atoms with Gasteiger partial charge in [-0.05, 0) is 6.42 Å². The van der Waals surface area contributed by atoms with Crippen LogP contribution in [0, 0.1) is 0 Å². The number of rotatable bonds is 4. The maximum absolute atomic E-state index is 10.4. The van der Waals surface area contributed by atoms with Crippen LogP contribution >= 0.6 is 0 Å². The summed E-state index contributed by atoms with van der Waals surface area (Å²) in [6.07, 6.45) is 2.42. The highest BCUT2D eigenvalue weighted by atomic mass is 17.1. The smallest absolute Gasteiger partial charge is 0.318 e. The predicted molar refractivity (Wildman–Crippen MR) is 36.2 cm³/mol. The highest BCUT2D eigenvalue weighted by Gasteiger charge is 2.13. The molecule has 0 heterocycles. The van der Waals surface area contributed by atoms with Crippen LogP contribution in [0.5, 0.6) is 0 Å². The molecule has 0 fully saturated rings. The number of nitrogens with two attached hydrogens (primary N) is 1. The second kappa shape index (κ2) is 5.20. The van der Waals surface area contributed by atoms with E-state index in [9.17, 15) is 4.79 Å². The van der Waals surface area contributed by atoms with Gasteiger partial charge in [-0.15, -0.1) is 0 Å². The van der Waals surface area contributed by atoms with Crippen LogP contribution in [-0.4, -0.2) is 17.3 Å². The van der Waals surface area contributed by atoms with Gasteiger partial charge in [0.05, 0.1) is 0 Å². The standard InChI is InChI=1S/C6H13NO3/c1-2-3-4-5(7)6(8)10-9/h5,9H,2-4,7H2,1H3. The Morgan fingerprint density at radius 1 is 1.80 bits per heavy atom. The van der Waals surface area contributed by atoms with Crippen LogP contribution < -0.4 is 5.73 Å². The van der Waals surface area contributed by atoms with Crippen molar-refractivity contribution in [3.8, 4) is 0 Å². The Morgan fingerprint density at radius 2 is 2.40 bits per heavy atom. The maximum Gasteiger partial charge on any atom is 0.358 e. The first-order valence-corrected chi connectivity index (χ1v) is 3.33. The van der Waals surface area contributed by atoms with Gasteiger partial charge < -0.3 is 5.73 Å². The molecule has 10 heavy (non-hydrogen) atoms. The van der Waals surface area contributed by atoms with E-state index in [2.05, 4.69) is 4.89 Å². The summed E-state index contributed by atoms with van der Waals surface area (Å²) in [5, 5.41) is 7.87. The van der Waals surface area contributed by atoms with Crippen LogP contribution in [-0.2, 0) is 9.68 Å². The molecule has 0 aromatic carbocycles. The van der Waals surface area contributed by atoms with Crippen LogP contribution in [0.4, 0.5) is 0 Å². The fraction of sp³-hybridized carbons (Fsp3) is 0.833. The average Bonchev–Trinajstić information content (AvgIpc) is 1.98. The zero-order valence-corrected chi connectivity index (χ0v) is 6.04. The van der Waals surface area contributed by atoms with E-state index in [0.29, 0.717) is 6.42 Å². The van der Waals surface area contributed by atoms with Crippen molar-refractivity contribution in [2.24, 2.45) is 5.73 Å². The number of carbonyl (C=O) groups excluding carboxylic acids is 1. The molecule has 1 unspecified atom stereocenters. The molecule has 0 aliphatic carbocycles. The molecule has 0 saturated heterocycles. The van der Waals surface area contributed by atoms with Crippen molar-refractivity contribution in [1.82, 2.24) is 0 Å². The minimum Gasteiger partial charge on any atom is -0.318 e. The van der Waals surface area contributed by atoms with Crippen LogP contribution in [0.1, 0.15) is 26.2 Å². The summed E-state index contributed by atoms with van der Waals surface area (Å²) in [7, 11) is 0. The average molecular weight is 147 g/mol. The number of hydrogen-bond acceptors (Lipinski definition) is 4. The summed E-state index contributed by atoms with van der Waals surface area (Å²) < 4.78 is 0. The van der Waals surface area contributed by atoms with E-state index in [1.807, 2.05) is 6.92 Å². The third-order valence-electron chi connectivity index (χ3n) is 1.26. The highest BCUT2D eigenvalue weighted by Crippen LogP contribution is 1.98. The van der Waals surface area contributed by atoms with E-state index in [1.165, 1.54) is 0 Å². The molecule has 3 N–H and O–H groups in total. The molecule has 0 bridgehead atoms. The molecule has 0 amide bonds. The van der Waals surface area contributed by atoms with Gasteiger partial charge in [-0.25, -0.2) is 4.79 Å². The Morgan fingerprint density at radius 3 is 2.80 bits per heavy atom. The van der Waals surface area contributed by atoms with Crippen molar-refractivity contribution in [2.45, 2.75) is 32.2 Å². The number of unbranched alkanes of at least 4 members (excludes halogenated alkanes) is 1. The SMILES string of the molecule is CCCCC(N)C(=O)OO. The minimum absolute atomic E-state index is 0.565. The third-order valence-corrected chi connectivity index (χ3v) is 1.26. The van der Waals surface area contributed by atoms with Crippen molar-refractivity contribution >= 4 is 5.97 Å². The lowest BCUT2D eigenvalue weighted by Crippen LogP contribution is -2.31. The van der Waals surface area contributed by atoms with Gasteiger partial charge in [0, 0.05) is 0 Å². The Kier molecular flexibility index (Phi) is 4.88. The molecule has 1 atom stereocenters. The lowest BCUT2D eigenvalue weighted by Gasteiger charge is -2.04. The van der Waals surface area contributed by atoms with Gasteiger partial charge in [0.2, 0.25) is 0 Å². The highest BCUT2D eigenvalue weighted by molar-refractivity contribution is 5.74. The first-order chi connectivity index (χ1) is 4.72. The molecule has 0 radical (unpaired) electrons. The van der Waals surface area contributed by atoms with E-state index in [-0.39, 0.29) is 0 Å². The summed E-state index contributed by atoms with van der Waals surface area (Å²) in [4.78, 5) is 13.9. The Labute approximate surface area is 59.9 Å². The van der Waals surface area contributed by atoms with Gasteiger partial charge in [0.25, 0.3) is 0 Å². The van der Waals surface area contributed by atoms with Gasteiger partial charge in [-0.2, -0.15) is 5.26 Å².